The van der Waals surface area contributed by atoms with E-state index in [0.29, 0.717) is 18.2 Å². The molecule has 2 aromatic rings. The summed E-state index contributed by atoms with van der Waals surface area (Å²) in [4.78, 5) is 18.5. The second kappa shape index (κ2) is 5.13. The van der Waals surface area contributed by atoms with Crippen LogP contribution in [0.1, 0.15) is 10.8 Å². The molecule has 0 bridgehead atoms. The van der Waals surface area contributed by atoms with Gasteiger partial charge in [0.25, 0.3) is 0 Å². The first-order valence-electron chi connectivity index (χ1n) is 5.39. The fourth-order valence-electron chi connectivity index (χ4n) is 1.58. The molecule has 7 nitrogen and oxygen atoms in total. The van der Waals surface area contributed by atoms with Crippen molar-refractivity contribution in [2.75, 3.05) is 11.9 Å². The molecule has 1 N–H and O–H groups in total. The minimum absolute atomic E-state index is 0.130. The molecule has 2 rings (SSSR count). The van der Waals surface area contributed by atoms with E-state index in [1.54, 1.807) is 36.1 Å². The Hall–Kier alpha value is -1.96. The molecular weight excluding hydrogens is 254 g/mol. The Balaban J connectivity index is 2.06. The molecular formula is C10H13N5O2S. The zero-order chi connectivity index (χ0) is 13.1. The number of rotatable bonds is 5. The standard InChI is InChI=1S/C10H13N5O2S/c1-7-13-10(15(16)17)9(14(7)2)12-4-3-8-11-5-6-18-8/h5-6,12H,3-4H2,1-2H3. The fourth-order valence-corrected chi connectivity index (χ4v) is 2.20. The SMILES string of the molecule is Cc1nc([N+](=O)[O-])c(NCCc2nccs2)n1C. The van der Waals surface area contributed by atoms with Crippen LogP contribution in [0.25, 0.3) is 0 Å². The Bertz CT molecular complexity index is 549. The molecule has 0 unspecified atom stereocenters. The third-order valence-electron chi connectivity index (χ3n) is 2.59. The van der Waals surface area contributed by atoms with Gasteiger partial charge in [0.1, 0.15) is 0 Å². The topological polar surface area (TPSA) is 85.9 Å². The Morgan fingerprint density at radius 1 is 1.61 bits per heavy atom. The number of aromatic nitrogens is 3. The summed E-state index contributed by atoms with van der Waals surface area (Å²) in [6.07, 6.45) is 2.48. The molecule has 2 heterocycles. The number of imidazole rings is 1. The van der Waals surface area contributed by atoms with Gasteiger partial charge in [0, 0.05) is 38.5 Å². The first-order valence-corrected chi connectivity index (χ1v) is 6.27. The number of anilines is 1. The lowest BCUT2D eigenvalue weighted by Gasteiger charge is -2.05. The van der Waals surface area contributed by atoms with E-state index < -0.39 is 4.92 Å². The molecule has 0 radical (unpaired) electrons. The number of aryl methyl sites for hydroxylation is 1. The molecule has 0 aliphatic heterocycles. The van der Waals surface area contributed by atoms with E-state index in [1.807, 2.05) is 5.38 Å². The molecule has 2 aromatic heterocycles. The molecule has 0 aromatic carbocycles. The molecule has 0 saturated carbocycles. The molecule has 0 amide bonds. The van der Waals surface area contributed by atoms with Gasteiger partial charge < -0.3 is 15.4 Å². The predicted octanol–water partition coefficient (Wildman–Crippen LogP) is 1.75. The van der Waals surface area contributed by atoms with Gasteiger partial charge in [-0.25, -0.2) is 4.98 Å². The van der Waals surface area contributed by atoms with Crippen molar-refractivity contribution in [1.82, 2.24) is 14.5 Å². The zero-order valence-corrected chi connectivity index (χ0v) is 10.9. The van der Waals surface area contributed by atoms with Gasteiger partial charge in [0.15, 0.2) is 0 Å². The maximum atomic E-state index is 10.9. The third kappa shape index (κ3) is 2.48. The summed E-state index contributed by atoms with van der Waals surface area (Å²) in [6.45, 7) is 2.33. The molecule has 8 heteroatoms. The number of thiazole rings is 1. The van der Waals surface area contributed by atoms with E-state index in [1.165, 1.54) is 0 Å². The highest BCUT2D eigenvalue weighted by molar-refractivity contribution is 7.09. The summed E-state index contributed by atoms with van der Waals surface area (Å²) in [5.74, 6) is 0.918. The number of nitrogens with one attached hydrogen (secondary N) is 1. The first kappa shape index (κ1) is 12.5. The van der Waals surface area contributed by atoms with Crippen LogP contribution in [-0.4, -0.2) is 26.0 Å². The summed E-state index contributed by atoms with van der Waals surface area (Å²) in [5.41, 5.74) is 0. The van der Waals surface area contributed by atoms with Gasteiger partial charge in [-0.3, -0.25) is 4.57 Å². The van der Waals surface area contributed by atoms with Gasteiger partial charge in [0.2, 0.25) is 11.6 Å². The van der Waals surface area contributed by atoms with Gasteiger partial charge >= 0.3 is 5.82 Å². The largest absolute Gasteiger partial charge is 0.406 e. The summed E-state index contributed by atoms with van der Waals surface area (Å²) in [7, 11) is 1.75. The van der Waals surface area contributed by atoms with E-state index in [9.17, 15) is 10.1 Å². The minimum Gasteiger partial charge on any atom is -0.364 e. The fraction of sp³-hybridized carbons (Fsp3) is 0.400. The summed E-state index contributed by atoms with van der Waals surface area (Å²) >= 11 is 1.57. The molecule has 0 saturated heterocycles. The third-order valence-corrected chi connectivity index (χ3v) is 3.43. The van der Waals surface area contributed by atoms with Crippen molar-refractivity contribution in [3.63, 3.8) is 0 Å². The molecule has 96 valence electrons. The average molecular weight is 267 g/mol. The Morgan fingerprint density at radius 2 is 2.39 bits per heavy atom. The van der Waals surface area contributed by atoms with Crippen LogP contribution in [0.2, 0.25) is 0 Å². The maximum Gasteiger partial charge on any atom is 0.406 e. The number of hydrogen-bond acceptors (Lipinski definition) is 6. The van der Waals surface area contributed by atoms with Crippen molar-refractivity contribution in [1.29, 1.82) is 0 Å². The number of hydrogen-bond donors (Lipinski definition) is 1. The highest BCUT2D eigenvalue weighted by Gasteiger charge is 2.22. The summed E-state index contributed by atoms with van der Waals surface area (Å²) in [5, 5.41) is 16.8. The van der Waals surface area contributed by atoms with Gasteiger partial charge in [0.05, 0.1) is 5.01 Å². The lowest BCUT2D eigenvalue weighted by Crippen LogP contribution is -2.09. The normalized spacial score (nSPS) is 10.6. The molecule has 0 aliphatic carbocycles. The van der Waals surface area contributed by atoms with Crippen molar-refractivity contribution in [3.05, 3.63) is 32.5 Å². The monoisotopic (exact) mass is 267 g/mol. The van der Waals surface area contributed by atoms with Crippen molar-refractivity contribution in [2.45, 2.75) is 13.3 Å². The summed E-state index contributed by atoms with van der Waals surface area (Å²) in [6, 6.07) is 0. The second-order valence-electron chi connectivity index (χ2n) is 3.75. The smallest absolute Gasteiger partial charge is 0.364 e. The van der Waals surface area contributed by atoms with Crippen molar-refractivity contribution < 1.29 is 4.92 Å². The lowest BCUT2D eigenvalue weighted by molar-refractivity contribution is -0.388. The summed E-state index contributed by atoms with van der Waals surface area (Å²) < 4.78 is 1.68. The van der Waals surface area contributed by atoms with E-state index in [4.69, 9.17) is 0 Å². The average Bonchev–Trinajstić information content (AvgIpc) is 2.92. The van der Waals surface area contributed by atoms with Gasteiger partial charge in [-0.15, -0.1) is 11.3 Å². The van der Waals surface area contributed by atoms with Crippen LogP contribution >= 0.6 is 11.3 Å². The van der Waals surface area contributed by atoms with Crippen LogP contribution in [0, 0.1) is 17.0 Å². The Kier molecular flexibility index (Phi) is 3.56. The quantitative estimate of drug-likeness (QED) is 0.658. The van der Waals surface area contributed by atoms with Crippen LogP contribution in [0.3, 0.4) is 0 Å². The van der Waals surface area contributed by atoms with Crippen LogP contribution < -0.4 is 5.32 Å². The van der Waals surface area contributed by atoms with E-state index in [2.05, 4.69) is 15.3 Å². The van der Waals surface area contributed by atoms with Crippen molar-refractivity contribution in [3.8, 4) is 0 Å². The molecule has 0 spiro atoms. The molecule has 18 heavy (non-hydrogen) atoms. The van der Waals surface area contributed by atoms with Gasteiger partial charge in [-0.2, -0.15) is 0 Å². The van der Waals surface area contributed by atoms with Crippen molar-refractivity contribution >= 4 is 23.0 Å². The lowest BCUT2D eigenvalue weighted by atomic mass is 10.4. The van der Waals surface area contributed by atoms with E-state index >= 15 is 0 Å². The van der Waals surface area contributed by atoms with Crippen LogP contribution in [0.5, 0.6) is 0 Å². The highest BCUT2D eigenvalue weighted by atomic mass is 32.1. The second-order valence-corrected chi connectivity index (χ2v) is 4.73. The number of nitro groups is 1. The van der Waals surface area contributed by atoms with Crippen LogP contribution in [0.4, 0.5) is 11.6 Å². The van der Waals surface area contributed by atoms with Crippen LogP contribution in [-0.2, 0) is 13.5 Å². The Morgan fingerprint density at radius 3 is 3.00 bits per heavy atom. The minimum atomic E-state index is -0.473. The van der Waals surface area contributed by atoms with E-state index in [-0.39, 0.29) is 5.82 Å². The highest BCUT2D eigenvalue weighted by Crippen LogP contribution is 2.23. The maximum absolute atomic E-state index is 10.9. The first-order chi connectivity index (χ1) is 8.59. The molecule has 0 aliphatic rings. The van der Waals surface area contributed by atoms with Gasteiger partial charge in [-0.1, -0.05) is 0 Å². The Labute approximate surface area is 108 Å². The van der Waals surface area contributed by atoms with Crippen molar-refractivity contribution in [2.24, 2.45) is 7.05 Å². The molecule has 0 atom stereocenters. The van der Waals surface area contributed by atoms with E-state index in [0.717, 1.165) is 11.4 Å². The number of nitrogens with zero attached hydrogens (tertiary/aromatic N) is 4. The van der Waals surface area contributed by atoms with Gasteiger partial charge in [-0.05, 0) is 9.91 Å². The van der Waals surface area contributed by atoms with Crippen LogP contribution in [0.15, 0.2) is 11.6 Å². The molecule has 0 fully saturated rings. The zero-order valence-electron chi connectivity index (χ0n) is 10.1. The predicted molar refractivity (Wildman–Crippen MR) is 68.9 cm³/mol.